The normalized spacial score (nSPS) is 16.6. The van der Waals surface area contributed by atoms with Gasteiger partial charge in [-0.15, -0.1) is 34.7 Å². The molecule has 7 aromatic rings. The van der Waals surface area contributed by atoms with Crippen molar-refractivity contribution >= 4 is 27.6 Å². The molecule has 0 N–H and O–H groups in total. The summed E-state index contributed by atoms with van der Waals surface area (Å²) < 4.78 is 9.02. The fourth-order valence-corrected chi connectivity index (χ4v) is 8.26. The average Bonchev–Trinajstić information content (AvgIpc) is 3.83. The van der Waals surface area contributed by atoms with E-state index in [0.717, 1.165) is 40.2 Å². The summed E-state index contributed by atoms with van der Waals surface area (Å²) in [7, 11) is 0. The Hall–Kier alpha value is -4.99. The largest absolute Gasteiger partial charge is 2.00 e. The number of aromatic nitrogens is 2. The van der Waals surface area contributed by atoms with Gasteiger partial charge in [0.1, 0.15) is 5.82 Å². The molecule has 2 aromatic heterocycles. The van der Waals surface area contributed by atoms with Gasteiger partial charge in [-0.05, 0) is 68.2 Å². The zero-order valence-corrected chi connectivity index (χ0v) is 35.7. The number of pyridine rings is 1. The predicted molar refractivity (Wildman–Crippen MR) is 225 cm³/mol. The molecule has 0 spiro atoms. The molecule has 5 aromatic carbocycles. The minimum Gasteiger partial charge on any atom is -0.503 e. The Balaban J connectivity index is 0.00000441. The molecule has 0 bridgehead atoms. The first-order valence-electron chi connectivity index (χ1n) is 19.5. The van der Waals surface area contributed by atoms with Crippen molar-refractivity contribution in [2.75, 3.05) is 0 Å². The molecule has 0 aliphatic carbocycles. The molecule has 56 heavy (non-hydrogen) atoms. The number of nitrogens with zero attached hydrogens (tertiary/aromatic N) is 4. The van der Waals surface area contributed by atoms with Crippen LogP contribution in [0.3, 0.4) is 0 Å². The number of amidine groups is 1. The van der Waals surface area contributed by atoms with E-state index in [1.807, 2.05) is 12.3 Å². The summed E-state index contributed by atoms with van der Waals surface area (Å²) in [5.41, 5.74) is 10.6. The zero-order chi connectivity index (χ0) is 38.2. The smallest absolute Gasteiger partial charge is 0.503 e. The Kier molecular flexibility index (Phi) is 9.60. The first-order valence-corrected chi connectivity index (χ1v) is 19.5. The first kappa shape index (κ1) is 37.9. The van der Waals surface area contributed by atoms with E-state index < -0.39 is 0 Å². The molecular weight excluding hydrogens is 868 g/mol. The summed E-state index contributed by atoms with van der Waals surface area (Å²) in [6, 6.07) is 46.7. The van der Waals surface area contributed by atoms with E-state index in [1.54, 1.807) is 0 Å². The second kappa shape index (κ2) is 14.2. The van der Waals surface area contributed by atoms with Gasteiger partial charge in [0.05, 0.1) is 12.1 Å². The number of benzene rings is 5. The van der Waals surface area contributed by atoms with Gasteiger partial charge in [0.2, 0.25) is 0 Å². The van der Waals surface area contributed by atoms with Crippen LogP contribution in [0.25, 0.3) is 27.6 Å². The summed E-state index contributed by atoms with van der Waals surface area (Å²) in [6.45, 7) is 18.8. The number of rotatable bonds is 6. The van der Waals surface area contributed by atoms with E-state index in [1.165, 1.54) is 38.8 Å². The van der Waals surface area contributed by atoms with Crippen molar-refractivity contribution in [3.05, 3.63) is 166 Å². The molecule has 5 nitrogen and oxygen atoms in total. The predicted octanol–water partition coefficient (Wildman–Crippen LogP) is 12.3. The third-order valence-electron chi connectivity index (χ3n) is 11.4. The van der Waals surface area contributed by atoms with Gasteiger partial charge in [-0.1, -0.05) is 140 Å². The topological polar surface area (TPSA) is 42.6 Å². The molecule has 2 aliphatic heterocycles. The van der Waals surface area contributed by atoms with Crippen LogP contribution in [0.1, 0.15) is 112 Å². The Morgan fingerprint density at radius 2 is 1.46 bits per heavy atom. The Morgan fingerprint density at radius 3 is 2.21 bits per heavy atom. The van der Waals surface area contributed by atoms with E-state index in [9.17, 15) is 0 Å². The van der Waals surface area contributed by atoms with Crippen LogP contribution in [-0.4, -0.2) is 20.3 Å². The van der Waals surface area contributed by atoms with Crippen LogP contribution in [0.15, 0.2) is 120 Å². The number of aliphatic imine (C=N–C) groups is 1. The minimum atomic E-state index is -0.0224. The minimum absolute atomic E-state index is 0. The van der Waals surface area contributed by atoms with Gasteiger partial charge in [0, 0.05) is 35.6 Å². The number of hydrogen-bond donors (Lipinski definition) is 0. The quantitative estimate of drug-likeness (QED) is 0.156. The van der Waals surface area contributed by atoms with E-state index >= 15 is 0 Å². The van der Waals surface area contributed by atoms with E-state index in [0.29, 0.717) is 11.5 Å². The summed E-state index contributed by atoms with van der Waals surface area (Å²) in [5.74, 6) is 3.39. The van der Waals surface area contributed by atoms with Gasteiger partial charge in [-0.25, -0.2) is 4.98 Å². The molecule has 0 amide bonds. The van der Waals surface area contributed by atoms with Crippen LogP contribution in [0.5, 0.6) is 11.5 Å². The van der Waals surface area contributed by atoms with Crippen molar-refractivity contribution in [3.63, 3.8) is 0 Å². The molecule has 2 aliphatic rings. The van der Waals surface area contributed by atoms with Crippen LogP contribution in [0.4, 0.5) is 0 Å². The zero-order valence-electron chi connectivity index (χ0n) is 33.4. The SMILES string of the molecule is CC(C)c1cc(Oc2[c-]c3c(cc2)c2cc(C(C)(C)C)ccc2n3-c2cc(C(C)(C)C)ccn2)[c-]c(C2=N[C@H](c3ccccc3)[C@@H]3c4ccccc4CN23)c1.[Pt+2]. The summed E-state index contributed by atoms with van der Waals surface area (Å²) in [6.07, 6.45) is 1.92. The molecule has 9 rings (SSSR count). The van der Waals surface area contributed by atoms with Crippen molar-refractivity contribution in [1.82, 2.24) is 14.5 Å². The Morgan fingerprint density at radius 1 is 0.732 bits per heavy atom. The van der Waals surface area contributed by atoms with Gasteiger partial charge < -0.3 is 19.2 Å². The van der Waals surface area contributed by atoms with Crippen molar-refractivity contribution in [1.29, 1.82) is 0 Å². The number of ether oxygens (including phenoxy) is 1. The van der Waals surface area contributed by atoms with Crippen molar-refractivity contribution in [2.24, 2.45) is 4.99 Å². The Bertz CT molecular complexity index is 2630. The first-order chi connectivity index (χ1) is 26.3. The molecule has 6 heteroatoms. The van der Waals surface area contributed by atoms with E-state index in [2.05, 4.69) is 180 Å². The maximum atomic E-state index is 6.79. The third kappa shape index (κ3) is 6.68. The van der Waals surface area contributed by atoms with Crippen LogP contribution in [-0.2, 0) is 38.4 Å². The van der Waals surface area contributed by atoms with Crippen molar-refractivity contribution in [2.45, 2.75) is 90.8 Å². The van der Waals surface area contributed by atoms with Gasteiger partial charge in [-0.3, -0.25) is 0 Å². The van der Waals surface area contributed by atoms with E-state index in [-0.39, 0.29) is 49.9 Å². The van der Waals surface area contributed by atoms with Gasteiger partial charge >= 0.3 is 21.1 Å². The van der Waals surface area contributed by atoms with Crippen molar-refractivity contribution < 1.29 is 25.8 Å². The maximum absolute atomic E-state index is 6.79. The maximum Gasteiger partial charge on any atom is 2.00 e. The van der Waals surface area contributed by atoms with Gasteiger partial charge in [0.25, 0.3) is 0 Å². The molecule has 0 saturated carbocycles. The molecule has 0 saturated heterocycles. The standard InChI is InChI=1S/C50H48N4O.Pt/c1-31(2)34-24-35(48-52-46(32-14-10-9-11-15-32)47-40-17-13-12-16-33(40)30-53(47)48)26-39(25-34)55-38-19-20-41-42-27-36(49(3,4)5)18-21-43(42)54(44(41)29-38)45-28-37(22-23-51-45)50(6,7)8;/h9-25,27-28,31,46-47H,30H2,1-8H3;/q-2;+2/t46-,47+;/m1./s1. The van der Waals surface area contributed by atoms with Crippen LogP contribution in [0, 0.1) is 12.1 Å². The second-order valence-corrected chi connectivity index (χ2v) is 17.6. The summed E-state index contributed by atoms with van der Waals surface area (Å²) in [5, 5.41) is 2.29. The fraction of sp³-hybridized carbons (Fsp3) is 0.280. The Labute approximate surface area is 345 Å². The monoisotopic (exact) mass is 915 g/mol. The van der Waals surface area contributed by atoms with Crippen molar-refractivity contribution in [3.8, 4) is 17.3 Å². The van der Waals surface area contributed by atoms with Gasteiger partial charge in [0.15, 0.2) is 0 Å². The molecule has 0 unspecified atom stereocenters. The third-order valence-corrected chi connectivity index (χ3v) is 11.4. The molecule has 0 radical (unpaired) electrons. The molecule has 284 valence electrons. The van der Waals surface area contributed by atoms with Crippen LogP contribution < -0.4 is 4.74 Å². The molecule has 0 fully saturated rings. The number of hydrogen-bond acceptors (Lipinski definition) is 4. The molecular formula is C50H48N4OPt. The van der Waals surface area contributed by atoms with Crippen LogP contribution in [0.2, 0.25) is 0 Å². The van der Waals surface area contributed by atoms with Gasteiger partial charge in [-0.2, -0.15) is 6.07 Å². The molecule has 4 heterocycles. The van der Waals surface area contributed by atoms with Crippen LogP contribution >= 0.6 is 0 Å². The fourth-order valence-electron chi connectivity index (χ4n) is 8.26. The van der Waals surface area contributed by atoms with E-state index in [4.69, 9.17) is 14.7 Å². The molecule has 2 atom stereocenters. The second-order valence-electron chi connectivity index (χ2n) is 17.6. The summed E-state index contributed by atoms with van der Waals surface area (Å²) in [4.78, 5) is 12.8. The summed E-state index contributed by atoms with van der Waals surface area (Å²) >= 11 is 0. The number of fused-ring (bicyclic) bond motifs is 6. The average molecular weight is 916 g/mol.